The minimum absolute atomic E-state index is 0.129. The number of aromatic nitrogens is 1. The Balaban J connectivity index is 1.84. The quantitative estimate of drug-likeness (QED) is 0.505. The molecule has 0 aliphatic carbocycles. The molecule has 120 valence electrons. The van der Waals surface area contributed by atoms with Gasteiger partial charge in [0.2, 0.25) is 11.8 Å². The first-order chi connectivity index (χ1) is 11.5. The van der Waals surface area contributed by atoms with Gasteiger partial charge in [0.15, 0.2) is 12.4 Å². The lowest BCUT2D eigenvalue weighted by Gasteiger charge is -2.09. The summed E-state index contributed by atoms with van der Waals surface area (Å²) in [5.74, 6) is 0.129. The van der Waals surface area contributed by atoms with Gasteiger partial charge >= 0.3 is 0 Å². The van der Waals surface area contributed by atoms with Crippen molar-refractivity contribution in [2.24, 2.45) is 0 Å². The number of pyridine rings is 1. The van der Waals surface area contributed by atoms with Crippen LogP contribution in [0.3, 0.4) is 0 Å². The second-order valence-electron chi connectivity index (χ2n) is 6.32. The summed E-state index contributed by atoms with van der Waals surface area (Å²) in [6.45, 7) is 6.05. The molecule has 3 aromatic rings. The number of ketones is 1. The normalized spacial score (nSPS) is 12.0. The summed E-state index contributed by atoms with van der Waals surface area (Å²) in [5.41, 5.74) is 5.35. The molecule has 2 heteroatoms. The highest BCUT2D eigenvalue weighted by atomic mass is 16.1. The van der Waals surface area contributed by atoms with Gasteiger partial charge in [0, 0.05) is 23.6 Å². The van der Waals surface area contributed by atoms with Crippen LogP contribution in [-0.2, 0) is 0 Å². The Bertz CT molecular complexity index is 831. The highest BCUT2D eigenvalue weighted by Crippen LogP contribution is 2.20. The lowest BCUT2D eigenvalue weighted by Crippen LogP contribution is -2.42. The number of benzene rings is 2. The summed E-state index contributed by atoms with van der Waals surface area (Å²) >= 11 is 0. The molecule has 1 atom stereocenters. The maximum absolute atomic E-state index is 12.8. The SMILES string of the molecule is Cc1cc(C)c[n+]([C@@H](C)C(=O)c2ccc(-c3ccccc3)cc2)c1. The summed E-state index contributed by atoms with van der Waals surface area (Å²) in [5, 5.41) is 0. The largest absolute Gasteiger partial charge is 0.287 e. The molecule has 0 saturated heterocycles. The van der Waals surface area contributed by atoms with Gasteiger partial charge in [0.1, 0.15) is 0 Å². The fourth-order valence-electron chi connectivity index (χ4n) is 3.00. The highest BCUT2D eigenvalue weighted by molar-refractivity contribution is 5.98. The van der Waals surface area contributed by atoms with Crippen LogP contribution >= 0.6 is 0 Å². The molecule has 0 spiro atoms. The Morgan fingerprint density at radius 1 is 0.833 bits per heavy atom. The molecule has 0 saturated carbocycles. The van der Waals surface area contributed by atoms with E-state index in [0.717, 1.165) is 27.8 Å². The van der Waals surface area contributed by atoms with Crippen molar-refractivity contribution in [3.8, 4) is 11.1 Å². The first kappa shape index (κ1) is 16.1. The Morgan fingerprint density at radius 2 is 1.38 bits per heavy atom. The third-order valence-electron chi connectivity index (χ3n) is 4.26. The summed E-state index contributed by atoms with van der Waals surface area (Å²) < 4.78 is 2.00. The van der Waals surface area contributed by atoms with Crippen molar-refractivity contribution in [3.05, 3.63) is 89.7 Å². The molecule has 3 rings (SSSR count). The van der Waals surface area contributed by atoms with Crippen LogP contribution in [0.25, 0.3) is 11.1 Å². The van der Waals surface area contributed by atoms with Gasteiger partial charge in [0.05, 0.1) is 0 Å². The molecular weight excluding hydrogens is 294 g/mol. The van der Waals surface area contributed by atoms with Crippen LogP contribution in [0.1, 0.15) is 34.5 Å². The van der Waals surface area contributed by atoms with Crippen molar-refractivity contribution in [3.63, 3.8) is 0 Å². The van der Waals surface area contributed by atoms with E-state index in [1.54, 1.807) is 0 Å². The van der Waals surface area contributed by atoms with Gasteiger partial charge in [-0.1, -0.05) is 54.6 Å². The van der Waals surface area contributed by atoms with Gasteiger partial charge in [-0.05, 0) is 31.0 Å². The van der Waals surface area contributed by atoms with Crippen LogP contribution in [0.2, 0.25) is 0 Å². The van der Waals surface area contributed by atoms with Crippen molar-refractivity contribution in [2.75, 3.05) is 0 Å². The van der Waals surface area contributed by atoms with Crippen molar-refractivity contribution < 1.29 is 9.36 Å². The van der Waals surface area contributed by atoms with Crippen LogP contribution in [0.4, 0.5) is 0 Å². The standard InChI is InChI=1S/C22H22NO/c1-16-13-17(2)15-23(14-16)18(3)22(24)21-11-9-20(10-12-21)19-7-5-4-6-8-19/h4-15,18H,1-3H3/q+1/t18-/m0/s1. The van der Waals surface area contributed by atoms with E-state index in [4.69, 9.17) is 0 Å². The predicted octanol–water partition coefficient (Wildman–Crippen LogP) is 4.70. The van der Waals surface area contributed by atoms with Gasteiger partial charge in [-0.25, -0.2) is 0 Å². The van der Waals surface area contributed by atoms with Crippen LogP contribution in [0, 0.1) is 13.8 Å². The van der Waals surface area contributed by atoms with E-state index in [1.165, 1.54) is 0 Å². The van der Waals surface area contributed by atoms with Crippen molar-refractivity contribution in [1.29, 1.82) is 0 Å². The summed E-state index contributed by atoms with van der Waals surface area (Å²) in [7, 11) is 0. The lowest BCUT2D eigenvalue weighted by molar-refractivity contribution is -0.705. The minimum atomic E-state index is -0.217. The molecule has 0 amide bonds. The predicted molar refractivity (Wildman–Crippen MR) is 97.0 cm³/mol. The molecule has 24 heavy (non-hydrogen) atoms. The van der Waals surface area contributed by atoms with Gasteiger partial charge in [-0.3, -0.25) is 4.79 Å². The van der Waals surface area contributed by atoms with E-state index in [-0.39, 0.29) is 11.8 Å². The van der Waals surface area contributed by atoms with Gasteiger partial charge in [0.25, 0.3) is 0 Å². The first-order valence-electron chi connectivity index (χ1n) is 8.23. The minimum Gasteiger partial charge on any atom is -0.287 e. The molecule has 0 N–H and O–H groups in total. The molecule has 0 aliphatic rings. The van der Waals surface area contributed by atoms with E-state index in [0.29, 0.717) is 0 Å². The Labute approximate surface area is 143 Å². The highest BCUT2D eigenvalue weighted by Gasteiger charge is 2.23. The monoisotopic (exact) mass is 316 g/mol. The fraction of sp³-hybridized carbons (Fsp3) is 0.182. The number of Topliss-reactive ketones (excluding diaryl/α,β-unsaturated/α-hetero) is 1. The molecule has 0 radical (unpaired) electrons. The first-order valence-corrected chi connectivity index (χ1v) is 8.23. The number of hydrogen-bond acceptors (Lipinski definition) is 1. The van der Waals surface area contributed by atoms with E-state index >= 15 is 0 Å². The van der Waals surface area contributed by atoms with Gasteiger partial charge in [-0.2, -0.15) is 4.57 Å². The van der Waals surface area contributed by atoms with Gasteiger partial charge in [-0.15, -0.1) is 0 Å². The Kier molecular flexibility index (Phi) is 4.57. The molecule has 0 fully saturated rings. The smallest absolute Gasteiger partial charge is 0.230 e. The van der Waals surface area contributed by atoms with Crippen molar-refractivity contribution in [2.45, 2.75) is 26.8 Å². The topological polar surface area (TPSA) is 20.9 Å². The fourth-order valence-corrected chi connectivity index (χ4v) is 3.00. The molecule has 0 unspecified atom stereocenters. The zero-order valence-corrected chi connectivity index (χ0v) is 14.4. The molecule has 2 aromatic carbocycles. The zero-order chi connectivity index (χ0) is 17.1. The maximum atomic E-state index is 12.8. The molecule has 1 heterocycles. The second-order valence-corrected chi connectivity index (χ2v) is 6.32. The van der Waals surface area contributed by atoms with Crippen molar-refractivity contribution in [1.82, 2.24) is 0 Å². The average molecular weight is 316 g/mol. The molecule has 0 bridgehead atoms. The van der Waals surface area contributed by atoms with E-state index in [1.807, 2.05) is 66.3 Å². The number of carbonyl (C=O) groups is 1. The average Bonchev–Trinajstić information content (AvgIpc) is 2.60. The number of nitrogens with zero attached hydrogens (tertiary/aromatic N) is 1. The molecule has 1 aromatic heterocycles. The number of carbonyl (C=O) groups excluding carboxylic acids is 1. The van der Waals surface area contributed by atoms with Gasteiger partial charge < -0.3 is 0 Å². The van der Waals surface area contributed by atoms with E-state index < -0.39 is 0 Å². The van der Waals surface area contributed by atoms with Crippen LogP contribution in [0.5, 0.6) is 0 Å². The number of hydrogen-bond donors (Lipinski definition) is 0. The summed E-state index contributed by atoms with van der Waals surface area (Å²) in [4.78, 5) is 12.8. The second kappa shape index (κ2) is 6.79. The van der Waals surface area contributed by atoms with E-state index in [9.17, 15) is 4.79 Å². The maximum Gasteiger partial charge on any atom is 0.230 e. The molecule has 2 nitrogen and oxygen atoms in total. The zero-order valence-electron chi connectivity index (χ0n) is 14.4. The third-order valence-corrected chi connectivity index (χ3v) is 4.26. The number of rotatable bonds is 4. The van der Waals surface area contributed by atoms with Crippen LogP contribution < -0.4 is 4.57 Å². The lowest BCUT2D eigenvalue weighted by atomic mass is 10.00. The summed E-state index contributed by atoms with van der Waals surface area (Å²) in [6.07, 6.45) is 4.04. The summed E-state index contributed by atoms with van der Waals surface area (Å²) in [6, 6.07) is 20.0. The van der Waals surface area contributed by atoms with E-state index in [2.05, 4.69) is 32.0 Å². The van der Waals surface area contributed by atoms with Crippen LogP contribution in [0.15, 0.2) is 73.1 Å². The Hall–Kier alpha value is -2.74. The molecule has 0 aliphatic heterocycles. The number of aryl methyl sites for hydroxylation is 2. The third kappa shape index (κ3) is 3.43. The Morgan fingerprint density at radius 3 is 1.96 bits per heavy atom. The molecular formula is C22H22NO+. The van der Waals surface area contributed by atoms with Crippen molar-refractivity contribution >= 4 is 5.78 Å². The van der Waals surface area contributed by atoms with Crippen LogP contribution in [-0.4, -0.2) is 5.78 Å².